The van der Waals surface area contributed by atoms with Gasteiger partial charge in [0.05, 0.1) is 13.2 Å². The van der Waals surface area contributed by atoms with E-state index in [1.165, 1.54) is 6.92 Å². The van der Waals surface area contributed by atoms with E-state index in [9.17, 15) is 40.5 Å². The quantitative estimate of drug-likeness (QED) is 0.194. The smallest absolute Gasteiger partial charge is 0.332 e. The molecule has 172 valence electrons. The molecular formula is C15H28O14. The number of hydrogen-bond acceptors (Lipinski definition) is 13. The van der Waals surface area contributed by atoms with E-state index in [0.717, 1.165) is 0 Å². The molecule has 0 aromatic heterocycles. The van der Waals surface area contributed by atoms with Crippen molar-refractivity contribution in [1.29, 1.82) is 0 Å². The normalized spacial score (nSPS) is 43.8. The van der Waals surface area contributed by atoms with Crippen LogP contribution in [-0.2, 0) is 19.0 Å². The highest BCUT2D eigenvalue weighted by Crippen LogP contribution is 2.28. The number of carboxylic acids is 1. The first-order valence-corrected chi connectivity index (χ1v) is 8.63. The summed E-state index contributed by atoms with van der Waals surface area (Å²) in [5.41, 5.74) is 0. The summed E-state index contributed by atoms with van der Waals surface area (Å²) in [6.45, 7) is -0.148. The molecule has 2 rings (SSSR count). The van der Waals surface area contributed by atoms with Crippen molar-refractivity contribution in [3.63, 3.8) is 0 Å². The molecule has 10 N–H and O–H groups in total. The molecule has 14 heteroatoms. The van der Waals surface area contributed by atoms with E-state index in [2.05, 4.69) is 0 Å². The van der Waals surface area contributed by atoms with Gasteiger partial charge in [-0.05, 0) is 6.92 Å². The van der Waals surface area contributed by atoms with Crippen LogP contribution in [0.1, 0.15) is 6.92 Å². The van der Waals surface area contributed by atoms with Gasteiger partial charge < -0.3 is 65.3 Å². The predicted molar refractivity (Wildman–Crippen MR) is 87.9 cm³/mol. The van der Waals surface area contributed by atoms with Crippen molar-refractivity contribution >= 4 is 5.97 Å². The maximum Gasteiger partial charge on any atom is 0.332 e. The van der Waals surface area contributed by atoms with Gasteiger partial charge >= 0.3 is 5.97 Å². The first-order chi connectivity index (χ1) is 13.5. The summed E-state index contributed by atoms with van der Waals surface area (Å²) in [6, 6.07) is 0. The fraction of sp³-hybridized carbons (Fsp3) is 0.933. The van der Waals surface area contributed by atoms with Crippen LogP contribution < -0.4 is 0 Å². The van der Waals surface area contributed by atoms with E-state index in [1.54, 1.807) is 0 Å². The average Bonchev–Trinajstić information content (AvgIpc) is 2.68. The zero-order chi connectivity index (χ0) is 22.5. The van der Waals surface area contributed by atoms with Crippen molar-refractivity contribution in [2.45, 2.75) is 74.4 Å². The molecule has 0 spiro atoms. The number of aliphatic hydroxyl groups is 9. The third-order valence-electron chi connectivity index (χ3n) is 4.34. The summed E-state index contributed by atoms with van der Waals surface area (Å²) in [5, 5.41) is 92.3. The van der Waals surface area contributed by atoms with E-state index in [0.29, 0.717) is 0 Å². The first kappa shape index (κ1) is 26.0. The van der Waals surface area contributed by atoms with Crippen LogP contribution in [0.15, 0.2) is 0 Å². The number of carboxylic acid groups (broad SMARTS) is 1. The fourth-order valence-electron chi connectivity index (χ4n) is 2.57. The van der Waals surface area contributed by atoms with Crippen molar-refractivity contribution in [2.24, 2.45) is 0 Å². The molecule has 2 saturated heterocycles. The molecule has 2 aliphatic rings. The predicted octanol–water partition coefficient (Wildman–Crippen LogP) is -5.95. The molecule has 2 aliphatic heterocycles. The molecule has 11 atom stereocenters. The molecule has 0 radical (unpaired) electrons. The molecule has 2 fully saturated rings. The number of carbonyl (C=O) groups is 1. The van der Waals surface area contributed by atoms with E-state index in [-0.39, 0.29) is 0 Å². The van der Waals surface area contributed by atoms with E-state index >= 15 is 0 Å². The highest BCUT2D eigenvalue weighted by Gasteiger charge is 2.50. The average molecular weight is 432 g/mol. The van der Waals surface area contributed by atoms with Crippen LogP contribution in [0.3, 0.4) is 0 Å². The van der Waals surface area contributed by atoms with Gasteiger partial charge in [0.1, 0.15) is 54.9 Å². The van der Waals surface area contributed by atoms with Gasteiger partial charge in [0.2, 0.25) is 0 Å². The molecule has 0 aromatic rings. The van der Waals surface area contributed by atoms with E-state index < -0.39 is 86.7 Å². The maximum atomic E-state index is 9.94. The van der Waals surface area contributed by atoms with Gasteiger partial charge in [0.15, 0.2) is 12.6 Å². The minimum atomic E-state index is -1.74. The minimum Gasteiger partial charge on any atom is -0.479 e. The summed E-state index contributed by atoms with van der Waals surface area (Å²) >= 11 is 0. The second kappa shape index (κ2) is 11.4. The van der Waals surface area contributed by atoms with Gasteiger partial charge in [0, 0.05) is 0 Å². The highest BCUT2D eigenvalue weighted by atomic mass is 16.7. The Balaban J connectivity index is 0.000000612. The summed E-state index contributed by atoms with van der Waals surface area (Å²) < 4.78 is 15.3. The van der Waals surface area contributed by atoms with E-state index in [4.69, 9.17) is 29.5 Å². The third-order valence-corrected chi connectivity index (χ3v) is 4.34. The zero-order valence-electron chi connectivity index (χ0n) is 15.4. The van der Waals surface area contributed by atoms with Crippen LogP contribution in [0.5, 0.6) is 0 Å². The molecule has 2 heterocycles. The van der Waals surface area contributed by atoms with Crippen molar-refractivity contribution in [3.05, 3.63) is 0 Å². The monoisotopic (exact) mass is 432 g/mol. The maximum absolute atomic E-state index is 9.94. The Morgan fingerprint density at radius 2 is 1.38 bits per heavy atom. The summed E-state index contributed by atoms with van der Waals surface area (Å²) in [5.74, 6) is -1.19. The minimum absolute atomic E-state index is 0.667. The Bertz CT molecular complexity index is 499. The summed E-state index contributed by atoms with van der Waals surface area (Å²) in [7, 11) is 0. The molecule has 0 bridgehead atoms. The van der Waals surface area contributed by atoms with Crippen LogP contribution in [0.25, 0.3) is 0 Å². The van der Waals surface area contributed by atoms with Crippen molar-refractivity contribution in [2.75, 3.05) is 13.2 Å². The lowest BCUT2D eigenvalue weighted by Gasteiger charge is -2.45. The molecule has 14 nitrogen and oxygen atoms in total. The Morgan fingerprint density at radius 3 is 1.83 bits per heavy atom. The standard InChI is InChI=1S/C12H22O11.C3H6O3/c13-1-3-5(15)6(16)9(19)12(22-3)23-10-4(2-14)21-11(20)8(18)7(10)17;1-2(4)3(5)6/h3-20H,1-2H2;2,4H,1H3,(H,5,6)/t3-,4-,5+,6+,7-,8-,9-,10-,11?,12+;2-/m10/s1. The van der Waals surface area contributed by atoms with Crippen molar-refractivity contribution in [1.82, 2.24) is 0 Å². The lowest BCUT2D eigenvalue weighted by Crippen LogP contribution is -2.64. The van der Waals surface area contributed by atoms with Gasteiger partial charge in [-0.15, -0.1) is 0 Å². The number of rotatable bonds is 5. The highest BCUT2D eigenvalue weighted by molar-refractivity contribution is 5.71. The molecule has 29 heavy (non-hydrogen) atoms. The zero-order valence-corrected chi connectivity index (χ0v) is 15.4. The molecule has 0 aliphatic carbocycles. The topological polar surface area (TPSA) is 247 Å². The Kier molecular flexibility index (Phi) is 10.2. The lowest BCUT2D eigenvalue weighted by atomic mass is 9.97. The van der Waals surface area contributed by atoms with Crippen LogP contribution in [-0.4, -0.2) is 138 Å². The lowest BCUT2D eigenvalue weighted by molar-refractivity contribution is -0.355. The van der Waals surface area contributed by atoms with Crippen LogP contribution >= 0.6 is 0 Å². The van der Waals surface area contributed by atoms with Crippen LogP contribution in [0, 0.1) is 0 Å². The summed E-state index contributed by atoms with van der Waals surface area (Å²) in [4.78, 5) is 9.45. The largest absolute Gasteiger partial charge is 0.479 e. The molecule has 0 saturated carbocycles. The molecule has 0 amide bonds. The second-order valence-electron chi connectivity index (χ2n) is 6.54. The number of ether oxygens (including phenoxy) is 3. The fourth-order valence-corrected chi connectivity index (χ4v) is 2.57. The number of aliphatic carboxylic acids is 1. The Hall–Kier alpha value is -1.01. The van der Waals surface area contributed by atoms with Gasteiger partial charge in [-0.1, -0.05) is 0 Å². The Morgan fingerprint density at radius 1 is 0.862 bits per heavy atom. The Labute approximate surface area is 164 Å². The number of hydrogen-bond donors (Lipinski definition) is 10. The third kappa shape index (κ3) is 6.48. The van der Waals surface area contributed by atoms with Gasteiger partial charge in [-0.2, -0.15) is 0 Å². The van der Waals surface area contributed by atoms with Gasteiger partial charge in [-0.3, -0.25) is 0 Å². The molecular weight excluding hydrogens is 404 g/mol. The molecule has 0 aromatic carbocycles. The van der Waals surface area contributed by atoms with Crippen molar-refractivity contribution in [3.8, 4) is 0 Å². The van der Waals surface area contributed by atoms with Crippen LogP contribution in [0.4, 0.5) is 0 Å². The van der Waals surface area contributed by atoms with E-state index in [1.807, 2.05) is 0 Å². The van der Waals surface area contributed by atoms with Crippen LogP contribution in [0.2, 0.25) is 0 Å². The van der Waals surface area contributed by atoms with Crippen molar-refractivity contribution < 1.29 is 70.1 Å². The van der Waals surface area contributed by atoms with Gasteiger partial charge in [-0.25, -0.2) is 4.79 Å². The number of aliphatic hydroxyl groups excluding tert-OH is 9. The van der Waals surface area contributed by atoms with Gasteiger partial charge in [0.25, 0.3) is 0 Å². The second-order valence-corrected chi connectivity index (χ2v) is 6.54. The molecule has 1 unspecified atom stereocenters. The summed E-state index contributed by atoms with van der Waals surface area (Å²) in [6.07, 6.45) is -16.8. The first-order valence-electron chi connectivity index (χ1n) is 8.63. The SMILES string of the molecule is C[C@H](O)C(=O)O.OC[C@H]1O[C@@H](O[C@H]2[C@H](O)[C@@H](O)C(O)O[C@@H]2CO)[C@H](O)[C@@H](O)[C@H]1O.